The summed E-state index contributed by atoms with van der Waals surface area (Å²) in [4.78, 5) is 26.3. The van der Waals surface area contributed by atoms with E-state index >= 15 is 0 Å². The van der Waals surface area contributed by atoms with E-state index in [1.54, 1.807) is 0 Å². The molecule has 1 saturated carbocycles. The normalized spacial score (nSPS) is 13.8. The average molecular weight is 281 g/mol. The van der Waals surface area contributed by atoms with Gasteiger partial charge in [0.2, 0.25) is 11.8 Å². The summed E-state index contributed by atoms with van der Waals surface area (Å²) < 4.78 is 5.12. The van der Waals surface area contributed by atoms with Crippen LogP contribution in [0.25, 0.3) is 0 Å². The predicted octanol–water partition coefficient (Wildman–Crippen LogP) is -0.0752. The molecule has 110 valence electrons. The topological polar surface area (TPSA) is 109 Å². The van der Waals surface area contributed by atoms with Crippen molar-refractivity contribution in [2.24, 2.45) is 0 Å². The number of nitrogens with one attached hydrogen (secondary N) is 3. The van der Waals surface area contributed by atoms with Crippen LogP contribution in [0.5, 0.6) is 0 Å². The Morgan fingerprint density at radius 2 is 1.90 bits per heavy atom. The second-order valence-electron chi connectivity index (χ2n) is 4.74. The molecule has 20 heavy (non-hydrogen) atoms. The standard InChI is InChI=1S/C12H19N5O3/c1-8(18)13-6-7-15-12(19)14-5-4-10-16-11(20-17-10)9-2-3-9/h9H,2-7H2,1H3,(H,13,18)(H2,14,15,19). The minimum Gasteiger partial charge on any atom is -0.355 e. The van der Waals surface area contributed by atoms with Crippen LogP contribution in [0.3, 0.4) is 0 Å². The number of amides is 3. The van der Waals surface area contributed by atoms with Crippen molar-refractivity contribution >= 4 is 11.9 Å². The van der Waals surface area contributed by atoms with E-state index < -0.39 is 0 Å². The number of urea groups is 1. The van der Waals surface area contributed by atoms with Gasteiger partial charge >= 0.3 is 6.03 Å². The lowest BCUT2D eigenvalue weighted by atomic mass is 10.4. The zero-order chi connectivity index (χ0) is 14.4. The van der Waals surface area contributed by atoms with Gasteiger partial charge in [-0.3, -0.25) is 4.79 Å². The predicted molar refractivity (Wildman–Crippen MR) is 70.1 cm³/mol. The van der Waals surface area contributed by atoms with Crippen LogP contribution in [-0.4, -0.2) is 41.7 Å². The van der Waals surface area contributed by atoms with Gasteiger partial charge < -0.3 is 20.5 Å². The van der Waals surface area contributed by atoms with Crippen LogP contribution in [0, 0.1) is 0 Å². The fraction of sp³-hybridized carbons (Fsp3) is 0.667. The first-order chi connectivity index (χ1) is 9.65. The number of aromatic nitrogens is 2. The lowest BCUT2D eigenvalue weighted by molar-refractivity contribution is -0.118. The Bertz CT molecular complexity index is 469. The third-order valence-electron chi connectivity index (χ3n) is 2.83. The summed E-state index contributed by atoms with van der Waals surface area (Å²) in [7, 11) is 0. The molecule has 3 amide bonds. The van der Waals surface area contributed by atoms with Crippen molar-refractivity contribution in [2.75, 3.05) is 19.6 Å². The third-order valence-corrected chi connectivity index (χ3v) is 2.83. The molecule has 0 aliphatic heterocycles. The molecule has 1 aromatic rings. The van der Waals surface area contributed by atoms with E-state index in [9.17, 15) is 9.59 Å². The molecule has 0 atom stereocenters. The highest BCUT2D eigenvalue weighted by Gasteiger charge is 2.29. The Balaban J connectivity index is 1.55. The molecule has 0 saturated heterocycles. The highest BCUT2D eigenvalue weighted by atomic mass is 16.5. The molecule has 1 aromatic heterocycles. The fourth-order valence-corrected chi connectivity index (χ4v) is 1.63. The zero-order valence-corrected chi connectivity index (χ0v) is 11.4. The number of carbonyl (C=O) groups is 2. The molecule has 0 aromatic carbocycles. The van der Waals surface area contributed by atoms with E-state index in [0.29, 0.717) is 43.7 Å². The second kappa shape index (κ2) is 6.88. The molecule has 0 radical (unpaired) electrons. The van der Waals surface area contributed by atoms with Gasteiger partial charge in [-0.05, 0) is 12.8 Å². The Hall–Kier alpha value is -2.12. The average Bonchev–Trinajstić information content (AvgIpc) is 3.15. The van der Waals surface area contributed by atoms with Crippen molar-refractivity contribution in [1.29, 1.82) is 0 Å². The van der Waals surface area contributed by atoms with Gasteiger partial charge in [0.05, 0.1) is 0 Å². The summed E-state index contributed by atoms with van der Waals surface area (Å²) in [5, 5.41) is 11.8. The van der Waals surface area contributed by atoms with Gasteiger partial charge in [-0.1, -0.05) is 5.16 Å². The number of nitrogens with zero attached hydrogens (tertiary/aromatic N) is 2. The quantitative estimate of drug-likeness (QED) is 0.606. The smallest absolute Gasteiger partial charge is 0.314 e. The molecule has 1 aliphatic rings. The van der Waals surface area contributed by atoms with Crippen molar-refractivity contribution in [1.82, 2.24) is 26.1 Å². The van der Waals surface area contributed by atoms with Crippen molar-refractivity contribution in [3.63, 3.8) is 0 Å². The second-order valence-corrected chi connectivity index (χ2v) is 4.74. The van der Waals surface area contributed by atoms with Gasteiger partial charge in [0.25, 0.3) is 0 Å². The molecule has 0 spiro atoms. The minimum absolute atomic E-state index is 0.115. The summed E-state index contributed by atoms with van der Waals surface area (Å²) in [5.41, 5.74) is 0. The Morgan fingerprint density at radius 1 is 1.20 bits per heavy atom. The van der Waals surface area contributed by atoms with Crippen molar-refractivity contribution in [3.8, 4) is 0 Å². The van der Waals surface area contributed by atoms with E-state index in [0.717, 1.165) is 12.8 Å². The fourth-order valence-electron chi connectivity index (χ4n) is 1.63. The van der Waals surface area contributed by atoms with Gasteiger partial charge in [0.15, 0.2) is 5.82 Å². The molecular formula is C12H19N5O3. The number of rotatable bonds is 7. The van der Waals surface area contributed by atoms with Crippen molar-refractivity contribution in [3.05, 3.63) is 11.7 Å². The molecule has 1 aliphatic carbocycles. The lowest BCUT2D eigenvalue weighted by Gasteiger charge is -2.06. The molecule has 0 bridgehead atoms. The van der Waals surface area contributed by atoms with Gasteiger partial charge in [-0.25, -0.2) is 4.79 Å². The first kappa shape index (κ1) is 14.3. The molecule has 0 unspecified atom stereocenters. The Labute approximate surface area is 116 Å². The summed E-state index contributed by atoms with van der Waals surface area (Å²) >= 11 is 0. The largest absolute Gasteiger partial charge is 0.355 e. The van der Waals surface area contributed by atoms with Crippen LogP contribution in [0.15, 0.2) is 4.52 Å². The summed E-state index contributed by atoms with van der Waals surface area (Å²) in [6, 6.07) is -0.277. The molecule has 8 heteroatoms. The maximum Gasteiger partial charge on any atom is 0.314 e. The third kappa shape index (κ3) is 4.87. The van der Waals surface area contributed by atoms with E-state index in [2.05, 4.69) is 26.1 Å². The van der Waals surface area contributed by atoms with Crippen LogP contribution >= 0.6 is 0 Å². The number of carbonyl (C=O) groups excluding carboxylic acids is 2. The highest BCUT2D eigenvalue weighted by molar-refractivity contribution is 5.74. The monoisotopic (exact) mass is 281 g/mol. The van der Waals surface area contributed by atoms with E-state index in [4.69, 9.17) is 4.52 Å². The summed E-state index contributed by atoms with van der Waals surface area (Å²) in [6.45, 7) is 2.67. The Morgan fingerprint density at radius 3 is 2.60 bits per heavy atom. The van der Waals surface area contributed by atoms with Crippen LogP contribution in [0.1, 0.15) is 37.4 Å². The molecular weight excluding hydrogens is 262 g/mol. The molecule has 1 fully saturated rings. The molecule has 3 N–H and O–H groups in total. The maximum atomic E-state index is 11.4. The zero-order valence-electron chi connectivity index (χ0n) is 11.4. The lowest BCUT2D eigenvalue weighted by Crippen LogP contribution is -2.40. The van der Waals surface area contributed by atoms with Crippen LogP contribution in [0.2, 0.25) is 0 Å². The highest BCUT2D eigenvalue weighted by Crippen LogP contribution is 2.38. The van der Waals surface area contributed by atoms with Gasteiger partial charge in [-0.15, -0.1) is 0 Å². The van der Waals surface area contributed by atoms with E-state index in [1.807, 2.05) is 0 Å². The van der Waals surface area contributed by atoms with E-state index in [-0.39, 0.29) is 11.9 Å². The molecule has 1 heterocycles. The first-order valence-electron chi connectivity index (χ1n) is 6.74. The summed E-state index contributed by atoms with van der Waals surface area (Å²) in [6.07, 6.45) is 2.78. The minimum atomic E-state index is -0.277. The van der Waals surface area contributed by atoms with Crippen LogP contribution in [0.4, 0.5) is 4.79 Å². The van der Waals surface area contributed by atoms with Crippen LogP contribution < -0.4 is 16.0 Å². The van der Waals surface area contributed by atoms with Gasteiger partial charge in [0.1, 0.15) is 0 Å². The number of hydrogen-bond donors (Lipinski definition) is 3. The molecule has 8 nitrogen and oxygen atoms in total. The maximum absolute atomic E-state index is 11.4. The van der Waals surface area contributed by atoms with Crippen LogP contribution in [-0.2, 0) is 11.2 Å². The van der Waals surface area contributed by atoms with Crippen molar-refractivity contribution in [2.45, 2.75) is 32.1 Å². The Kier molecular flexibility index (Phi) is 4.91. The number of hydrogen-bond acceptors (Lipinski definition) is 5. The van der Waals surface area contributed by atoms with Crippen molar-refractivity contribution < 1.29 is 14.1 Å². The van der Waals surface area contributed by atoms with Gasteiger partial charge in [0, 0.05) is 38.9 Å². The molecule has 2 rings (SSSR count). The SMILES string of the molecule is CC(=O)NCCNC(=O)NCCc1noc(C2CC2)n1. The van der Waals surface area contributed by atoms with Gasteiger partial charge in [-0.2, -0.15) is 4.98 Å². The van der Waals surface area contributed by atoms with E-state index in [1.165, 1.54) is 6.92 Å². The summed E-state index contributed by atoms with van der Waals surface area (Å²) in [5.74, 6) is 1.65. The first-order valence-corrected chi connectivity index (χ1v) is 6.74.